The van der Waals surface area contributed by atoms with Gasteiger partial charge >= 0.3 is 0 Å². The predicted octanol–water partition coefficient (Wildman–Crippen LogP) is 2.66. The molecule has 0 unspecified atom stereocenters. The third-order valence-corrected chi connectivity index (χ3v) is 4.92. The smallest absolute Gasteiger partial charge is 0.257 e. The molecule has 0 bridgehead atoms. The molecule has 2 aromatic heterocycles. The van der Waals surface area contributed by atoms with E-state index in [9.17, 15) is 4.79 Å². The summed E-state index contributed by atoms with van der Waals surface area (Å²) in [7, 11) is 3.96. The van der Waals surface area contributed by atoms with Gasteiger partial charge in [0.15, 0.2) is 0 Å². The highest BCUT2D eigenvalue weighted by molar-refractivity contribution is 5.94. The Balaban J connectivity index is 1.60. The standard InChI is InChI=1S/C20H28N6O/c1-14-18(13-21-15(2)23-14)20(27)26-10-5-6-16(9-11-26)24-17-7-8-19(22-12-17)25(3)4/h7-8,12-13,16,24H,5-6,9-11H2,1-4H3/t16-/m0/s1. The molecular weight excluding hydrogens is 340 g/mol. The van der Waals surface area contributed by atoms with Crippen molar-refractivity contribution in [3.05, 3.63) is 41.6 Å². The molecule has 1 fully saturated rings. The molecule has 0 aromatic carbocycles. The lowest BCUT2D eigenvalue weighted by atomic mass is 10.1. The number of anilines is 2. The van der Waals surface area contributed by atoms with Gasteiger partial charge in [0.25, 0.3) is 5.91 Å². The van der Waals surface area contributed by atoms with E-state index in [1.165, 1.54) is 0 Å². The molecule has 0 radical (unpaired) electrons. The first-order valence-corrected chi connectivity index (χ1v) is 9.43. The van der Waals surface area contributed by atoms with E-state index in [0.29, 0.717) is 17.4 Å². The van der Waals surface area contributed by atoms with Gasteiger partial charge in [-0.1, -0.05) is 0 Å². The number of rotatable bonds is 4. The summed E-state index contributed by atoms with van der Waals surface area (Å²) in [6, 6.07) is 4.41. The highest BCUT2D eigenvalue weighted by Crippen LogP contribution is 2.19. The zero-order chi connectivity index (χ0) is 19.4. The van der Waals surface area contributed by atoms with E-state index < -0.39 is 0 Å². The Kier molecular flexibility index (Phi) is 5.88. The Morgan fingerprint density at radius 1 is 1.15 bits per heavy atom. The molecule has 0 spiro atoms. The van der Waals surface area contributed by atoms with Crippen LogP contribution in [0, 0.1) is 13.8 Å². The Hall–Kier alpha value is -2.70. The van der Waals surface area contributed by atoms with E-state index >= 15 is 0 Å². The zero-order valence-corrected chi connectivity index (χ0v) is 16.6. The van der Waals surface area contributed by atoms with Gasteiger partial charge in [0.05, 0.1) is 23.1 Å². The van der Waals surface area contributed by atoms with Crippen molar-refractivity contribution < 1.29 is 4.79 Å². The summed E-state index contributed by atoms with van der Waals surface area (Å²) in [5, 5.41) is 3.56. The minimum Gasteiger partial charge on any atom is -0.381 e. The fourth-order valence-electron chi connectivity index (χ4n) is 3.38. The average molecular weight is 368 g/mol. The van der Waals surface area contributed by atoms with Crippen LogP contribution in [-0.2, 0) is 0 Å². The van der Waals surface area contributed by atoms with E-state index in [1.54, 1.807) is 6.20 Å². The summed E-state index contributed by atoms with van der Waals surface area (Å²) < 4.78 is 0. The summed E-state index contributed by atoms with van der Waals surface area (Å²) >= 11 is 0. The lowest BCUT2D eigenvalue weighted by molar-refractivity contribution is 0.0759. The van der Waals surface area contributed by atoms with Crippen molar-refractivity contribution in [1.82, 2.24) is 19.9 Å². The molecule has 2 aromatic rings. The van der Waals surface area contributed by atoms with Gasteiger partial charge in [-0.05, 0) is 45.2 Å². The molecule has 144 valence electrons. The molecular formula is C20H28N6O. The van der Waals surface area contributed by atoms with Crippen molar-refractivity contribution in [3.63, 3.8) is 0 Å². The van der Waals surface area contributed by atoms with Gasteiger partial charge in [0.1, 0.15) is 11.6 Å². The Morgan fingerprint density at radius 2 is 1.96 bits per heavy atom. The Morgan fingerprint density at radius 3 is 2.63 bits per heavy atom. The summed E-state index contributed by atoms with van der Waals surface area (Å²) in [5.41, 5.74) is 2.38. The highest BCUT2D eigenvalue weighted by atomic mass is 16.2. The zero-order valence-electron chi connectivity index (χ0n) is 16.6. The first kappa shape index (κ1) is 19.1. The molecule has 1 atom stereocenters. The van der Waals surface area contributed by atoms with Crippen LogP contribution < -0.4 is 10.2 Å². The topological polar surface area (TPSA) is 74.2 Å². The summed E-state index contributed by atoms with van der Waals surface area (Å²) in [6.07, 6.45) is 6.43. The van der Waals surface area contributed by atoms with Crippen molar-refractivity contribution in [1.29, 1.82) is 0 Å². The van der Waals surface area contributed by atoms with Gasteiger partial charge in [-0.2, -0.15) is 0 Å². The van der Waals surface area contributed by atoms with Gasteiger partial charge in [0.2, 0.25) is 0 Å². The molecule has 1 amide bonds. The van der Waals surface area contributed by atoms with E-state index in [0.717, 1.165) is 49.6 Å². The van der Waals surface area contributed by atoms with Crippen LogP contribution in [0.5, 0.6) is 0 Å². The molecule has 1 saturated heterocycles. The number of carbonyl (C=O) groups is 1. The third-order valence-electron chi connectivity index (χ3n) is 4.92. The second-order valence-corrected chi connectivity index (χ2v) is 7.28. The second kappa shape index (κ2) is 8.33. The summed E-state index contributed by atoms with van der Waals surface area (Å²) in [6.45, 7) is 5.20. The number of aromatic nitrogens is 3. The number of likely N-dealkylation sites (tertiary alicyclic amines) is 1. The largest absolute Gasteiger partial charge is 0.381 e. The fraction of sp³-hybridized carbons (Fsp3) is 0.500. The summed E-state index contributed by atoms with van der Waals surface area (Å²) in [4.78, 5) is 29.7. The van der Waals surface area contributed by atoms with Crippen molar-refractivity contribution in [2.45, 2.75) is 39.2 Å². The number of amides is 1. The van der Waals surface area contributed by atoms with Crippen LogP contribution in [0.4, 0.5) is 11.5 Å². The van der Waals surface area contributed by atoms with Crippen molar-refractivity contribution in [3.8, 4) is 0 Å². The maximum Gasteiger partial charge on any atom is 0.257 e. The van der Waals surface area contributed by atoms with Crippen molar-refractivity contribution in [2.75, 3.05) is 37.4 Å². The lowest BCUT2D eigenvalue weighted by Gasteiger charge is -2.22. The molecule has 1 aliphatic heterocycles. The summed E-state index contributed by atoms with van der Waals surface area (Å²) in [5.74, 6) is 1.66. The van der Waals surface area contributed by atoms with Gasteiger partial charge in [-0.3, -0.25) is 4.79 Å². The predicted molar refractivity (Wildman–Crippen MR) is 107 cm³/mol. The van der Waals surface area contributed by atoms with Gasteiger partial charge < -0.3 is 15.1 Å². The van der Waals surface area contributed by atoms with Crippen LogP contribution >= 0.6 is 0 Å². The fourth-order valence-corrected chi connectivity index (χ4v) is 3.38. The first-order chi connectivity index (χ1) is 12.9. The molecule has 1 N–H and O–H groups in total. The van der Waals surface area contributed by atoms with E-state index in [1.807, 2.05) is 50.0 Å². The number of pyridine rings is 1. The van der Waals surface area contributed by atoms with Crippen LogP contribution in [0.2, 0.25) is 0 Å². The molecule has 7 nitrogen and oxygen atoms in total. The highest BCUT2D eigenvalue weighted by Gasteiger charge is 2.23. The van der Waals surface area contributed by atoms with Crippen LogP contribution in [-0.4, -0.2) is 59.0 Å². The molecule has 27 heavy (non-hydrogen) atoms. The van der Waals surface area contributed by atoms with E-state index in [2.05, 4.69) is 26.3 Å². The monoisotopic (exact) mass is 368 g/mol. The number of hydrogen-bond donors (Lipinski definition) is 1. The second-order valence-electron chi connectivity index (χ2n) is 7.28. The quantitative estimate of drug-likeness (QED) is 0.894. The lowest BCUT2D eigenvalue weighted by Crippen LogP contribution is -2.33. The average Bonchev–Trinajstić information content (AvgIpc) is 2.87. The van der Waals surface area contributed by atoms with Crippen LogP contribution in [0.15, 0.2) is 24.5 Å². The van der Waals surface area contributed by atoms with Crippen LogP contribution in [0.1, 0.15) is 41.1 Å². The molecule has 0 aliphatic carbocycles. The SMILES string of the molecule is Cc1ncc(C(=O)N2CCC[C@H](Nc3ccc(N(C)C)nc3)CC2)c(C)n1. The van der Waals surface area contributed by atoms with Gasteiger partial charge in [-0.25, -0.2) is 15.0 Å². The molecule has 3 heterocycles. The number of nitrogens with one attached hydrogen (secondary N) is 1. The first-order valence-electron chi connectivity index (χ1n) is 9.43. The number of aryl methyl sites for hydroxylation is 2. The van der Waals surface area contributed by atoms with Crippen LogP contribution in [0.25, 0.3) is 0 Å². The minimum atomic E-state index is 0.0325. The molecule has 0 saturated carbocycles. The Labute approximate surface area is 160 Å². The molecule has 3 rings (SSSR count). The molecule has 7 heteroatoms. The van der Waals surface area contributed by atoms with Crippen molar-refractivity contribution in [2.24, 2.45) is 0 Å². The maximum atomic E-state index is 12.9. The van der Waals surface area contributed by atoms with Gasteiger partial charge in [0, 0.05) is 39.4 Å². The Bertz CT molecular complexity index is 790. The maximum absolute atomic E-state index is 12.9. The normalized spacial score (nSPS) is 17.3. The number of hydrogen-bond acceptors (Lipinski definition) is 6. The minimum absolute atomic E-state index is 0.0325. The van der Waals surface area contributed by atoms with E-state index in [4.69, 9.17) is 0 Å². The molecule has 1 aliphatic rings. The third kappa shape index (κ3) is 4.72. The van der Waals surface area contributed by atoms with E-state index in [-0.39, 0.29) is 5.91 Å². The van der Waals surface area contributed by atoms with Crippen LogP contribution in [0.3, 0.4) is 0 Å². The number of carbonyl (C=O) groups excluding carboxylic acids is 1. The number of nitrogens with zero attached hydrogens (tertiary/aromatic N) is 5. The van der Waals surface area contributed by atoms with Gasteiger partial charge in [-0.15, -0.1) is 0 Å². The van der Waals surface area contributed by atoms with Crippen molar-refractivity contribution >= 4 is 17.4 Å².